The zero-order valence-corrected chi connectivity index (χ0v) is 17.8. The number of fused-ring (bicyclic) bond motifs is 1. The molecule has 150 valence electrons. The van der Waals surface area contributed by atoms with Crippen molar-refractivity contribution in [3.05, 3.63) is 82.8 Å². The molecule has 0 bridgehead atoms. The van der Waals surface area contributed by atoms with Crippen LogP contribution in [0.3, 0.4) is 0 Å². The molecule has 0 aliphatic heterocycles. The van der Waals surface area contributed by atoms with Crippen molar-refractivity contribution in [3.8, 4) is 11.4 Å². The number of hydrogen-bond acceptors (Lipinski definition) is 3. The molecule has 7 heteroatoms. The summed E-state index contributed by atoms with van der Waals surface area (Å²) in [6.07, 6.45) is 0. The van der Waals surface area contributed by atoms with Gasteiger partial charge in [-0.05, 0) is 54.6 Å². The van der Waals surface area contributed by atoms with Crippen molar-refractivity contribution in [2.75, 3.05) is 11.9 Å². The van der Waals surface area contributed by atoms with Gasteiger partial charge in [0.05, 0.1) is 17.6 Å². The number of aromatic nitrogens is 2. The number of hydrogen-bond donors (Lipinski definition) is 2. The van der Waals surface area contributed by atoms with Crippen LogP contribution < -0.4 is 10.6 Å². The van der Waals surface area contributed by atoms with Crippen molar-refractivity contribution < 1.29 is 9.59 Å². The third-order valence-electron chi connectivity index (χ3n) is 4.71. The van der Waals surface area contributed by atoms with Gasteiger partial charge in [-0.25, -0.2) is 4.98 Å². The summed E-state index contributed by atoms with van der Waals surface area (Å²) >= 11 is 3.33. The Kier molecular flexibility index (Phi) is 5.63. The van der Waals surface area contributed by atoms with Gasteiger partial charge in [0.1, 0.15) is 5.82 Å². The number of para-hydroxylation sites is 2. The normalized spacial score (nSPS) is 10.7. The standard InChI is InChI=1S/C23H19BrN4O2/c1-28-20-8-3-2-7-19(20)27-22(28)15-9-11-18(12-10-15)26-21(29)14-25-23(30)16-5-4-6-17(24)13-16/h2-13H,14H2,1H3,(H,25,30)(H,26,29). The van der Waals surface area contributed by atoms with Crippen LogP contribution in [0.1, 0.15) is 10.4 Å². The topological polar surface area (TPSA) is 76.0 Å². The summed E-state index contributed by atoms with van der Waals surface area (Å²) in [7, 11) is 1.98. The fraction of sp³-hybridized carbons (Fsp3) is 0.0870. The number of aryl methyl sites for hydroxylation is 1. The molecule has 0 aliphatic rings. The van der Waals surface area contributed by atoms with Crippen LogP contribution in [0.15, 0.2) is 77.3 Å². The van der Waals surface area contributed by atoms with Gasteiger partial charge in [0.25, 0.3) is 5.91 Å². The molecule has 4 rings (SSSR count). The number of carbonyl (C=O) groups is 2. The third-order valence-corrected chi connectivity index (χ3v) is 5.20. The number of amides is 2. The molecule has 2 N–H and O–H groups in total. The predicted octanol–water partition coefficient (Wildman–Crippen LogP) is 4.37. The summed E-state index contributed by atoms with van der Waals surface area (Å²) < 4.78 is 2.85. The Morgan fingerprint density at radius 1 is 1.00 bits per heavy atom. The smallest absolute Gasteiger partial charge is 0.251 e. The highest BCUT2D eigenvalue weighted by Crippen LogP contribution is 2.24. The molecule has 4 aromatic rings. The molecule has 0 unspecified atom stereocenters. The molecule has 0 atom stereocenters. The van der Waals surface area contributed by atoms with Gasteiger partial charge in [0.15, 0.2) is 0 Å². The summed E-state index contributed by atoms with van der Waals surface area (Å²) in [6.45, 7) is -0.113. The van der Waals surface area contributed by atoms with Crippen molar-refractivity contribution in [1.29, 1.82) is 0 Å². The second-order valence-corrected chi connectivity index (χ2v) is 7.72. The van der Waals surface area contributed by atoms with Gasteiger partial charge in [-0.15, -0.1) is 0 Å². The Balaban J connectivity index is 1.39. The van der Waals surface area contributed by atoms with E-state index in [4.69, 9.17) is 0 Å². The van der Waals surface area contributed by atoms with E-state index in [1.165, 1.54) is 0 Å². The zero-order valence-electron chi connectivity index (χ0n) is 16.2. The van der Waals surface area contributed by atoms with Crippen LogP contribution in [0.4, 0.5) is 5.69 Å². The van der Waals surface area contributed by atoms with E-state index in [1.807, 2.05) is 66.2 Å². The van der Waals surface area contributed by atoms with Gasteiger partial charge in [-0.2, -0.15) is 0 Å². The molecule has 0 saturated carbocycles. The van der Waals surface area contributed by atoms with Gasteiger partial charge in [-0.3, -0.25) is 9.59 Å². The highest BCUT2D eigenvalue weighted by molar-refractivity contribution is 9.10. The summed E-state index contributed by atoms with van der Waals surface area (Å²) in [4.78, 5) is 29.0. The maximum atomic E-state index is 12.2. The summed E-state index contributed by atoms with van der Waals surface area (Å²) in [5, 5.41) is 5.41. The third kappa shape index (κ3) is 4.26. The van der Waals surface area contributed by atoms with Gasteiger partial charge in [0.2, 0.25) is 5.91 Å². The van der Waals surface area contributed by atoms with Gasteiger partial charge in [0, 0.05) is 28.3 Å². The van der Waals surface area contributed by atoms with Crippen molar-refractivity contribution in [3.63, 3.8) is 0 Å². The molecule has 1 aromatic heterocycles. The largest absolute Gasteiger partial charge is 0.343 e. The quantitative estimate of drug-likeness (QED) is 0.462. The average molecular weight is 463 g/mol. The molecule has 1 heterocycles. The number of benzene rings is 3. The molecule has 0 fully saturated rings. The minimum Gasteiger partial charge on any atom is -0.343 e. The van der Waals surface area contributed by atoms with Gasteiger partial charge >= 0.3 is 0 Å². The molecule has 0 saturated heterocycles. The highest BCUT2D eigenvalue weighted by atomic mass is 79.9. The van der Waals surface area contributed by atoms with Gasteiger partial charge in [-0.1, -0.05) is 34.1 Å². The fourth-order valence-corrected chi connectivity index (χ4v) is 3.60. The Bertz CT molecular complexity index is 1230. The predicted molar refractivity (Wildman–Crippen MR) is 121 cm³/mol. The van der Waals surface area contributed by atoms with Crippen LogP contribution in [0.2, 0.25) is 0 Å². The lowest BCUT2D eigenvalue weighted by Gasteiger charge is -2.08. The van der Waals surface area contributed by atoms with E-state index in [0.29, 0.717) is 11.3 Å². The molecule has 6 nitrogen and oxygen atoms in total. The molecule has 0 spiro atoms. The van der Waals surface area contributed by atoms with Crippen molar-refractivity contribution in [1.82, 2.24) is 14.9 Å². The number of nitrogens with zero attached hydrogens (tertiary/aromatic N) is 2. The lowest BCUT2D eigenvalue weighted by molar-refractivity contribution is -0.115. The second kappa shape index (κ2) is 8.51. The Hall–Kier alpha value is -3.45. The van der Waals surface area contributed by atoms with Crippen molar-refractivity contribution >= 4 is 44.5 Å². The summed E-state index contributed by atoms with van der Waals surface area (Å²) in [6, 6.07) is 22.4. The summed E-state index contributed by atoms with van der Waals surface area (Å²) in [5.41, 5.74) is 4.09. The number of carbonyl (C=O) groups excluding carboxylic acids is 2. The van der Waals surface area contributed by atoms with E-state index in [1.54, 1.807) is 18.2 Å². The number of anilines is 1. The summed E-state index contributed by atoms with van der Waals surface area (Å²) in [5.74, 6) is 0.257. The minimum atomic E-state index is -0.302. The van der Waals surface area contributed by atoms with E-state index in [9.17, 15) is 9.59 Å². The van der Waals surface area contributed by atoms with E-state index >= 15 is 0 Å². The average Bonchev–Trinajstić information content (AvgIpc) is 3.09. The number of imidazole rings is 1. The van der Waals surface area contributed by atoms with Crippen LogP contribution in [-0.4, -0.2) is 27.9 Å². The molecule has 0 aliphatic carbocycles. The SMILES string of the molecule is Cn1c(-c2ccc(NC(=O)CNC(=O)c3cccc(Br)c3)cc2)nc2ccccc21. The first-order chi connectivity index (χ1) is 14.5. The first-order valence-corrected chi connectivity index (χ1v) is 10.2. The van der Waals surface area contributed by atoms with Crippen molar-refractivity contribution in [2.24, 2.45) is 7.05 Å². The lowest BCUT2D eigenvalue weighted by atomic mass is 10.2. The van der Waals surface area contributed by atoms with E-state index in [-0.39, 0.29) is 18.4 Å². The lowest BCUT2D eigenvalue weighted by Crippen LogP contribution is -2.32. The second-order valence-electron chi connectivity index (χ2n) is 6.80. The molecule has 3 aromatic carbocycles. The first-order valence-electron chi connectivity index (χ1n) is 9.37. The van der Waals surface area contributed by atoms with Crippen LogP contribution in [0, 0.1) is 0 Å². The fourth-order valence-electron chi connectivity index (χ4n) is 3.20. The van der Waals surface area contributed by atoms with E-state index < -0.39 is 0 Å². The highest BCUT2D eigenvalue weighted by Gasteiger charge is 2.11. The molecular formula is C23H19BrN4O2. The number of halogens is 1. The Labute approximate surface area is 182 Å². The number of nitrogens with one attached hydrogen (secondary N) is 2. The van der Waals surface area contributed by atoms with Crippen LogP contribution in [0.5, 0.6) is 0 Å². The Morgan fingerprint density at radius 3 is 2.50 bits per heavy atom. The molecule has 30 heavy (non-hydrogen) atoms. The molecule has 0 radical (unpaired) electrons. The van der Waals surface area contributed by atoms with Crippen LogP contribution >= 0.6 is 15.9 Å². The maximum absolute atomic E-state index is 12.2. The zero-order chi connectivity index (χ0) is 21.1. The minimum absolute atomic E-state index is 0.113. The first kappa shape index (κ1) is 19.8. The monoisotopic (exact) mass is 462 g/mol. The van der Waals surface area contributed by atoms with Gasteiger partial charge < -0.3 is 15.2 Å². The van der Waals surface area contributed by atoms with E-state index in [0.717, 1.165) is 26.9 Å². The Morgan fingerprint density at radius 2 is 1.77 bits per heavy atom. The van der Waals surface area contributed by atoms with Crippen LogP contribution in [0.25, 0.3) is 22.4 Å². The van der Waals surface area contributed by atoms with E-state index in [2.05, 4.69) is 31.5 Å². The number of rotatable bonds is 5. The maximum Gasteiger partial charge on any atom is 0.251 e. The van der Waals surface area contributed by atoms with Crippen molar-refractivity contribution in [2.45, 2.75) is 0 Å². The molecule has 2 amide bonds. The van der Waals surface area contributed by atoms with Crippen LogP contribution in [-0.2, 0) is 11.8 Å². The molecular weight excluding hydrogens is 444 g/mol.